The Morgan fingerprint density at radius 2 is 2.04 bits per heavy atom. The van der Waals surface area contributed by atoms with Gasteiger partial charge < -0.3 is 10.4 Å². The van der Waals surface area contributed by atoms with Gasteiger partial charge in [0.1, 0.15) is 5.82 Å². The fourth-order valence-corrected chi connectivity index (χ4v) is 2.94. The maximum atomic E-state index is 14.0. The smallest absolute Gasteiger partial charge is 0.357 e. The van der Waals surface area contributed by atoms with Crippen LogP contribution in [0.4, 0.5) is 10.1 Å². The highest BCUT2D eigenvalue weighted by atomic mass is 19.1. The fraction of sp³-hybridized carbons (Fsp3) is 0.0500. The Kier molecular flexibility index (Phi) is 4.25. The van der Waals surface area contributed by atoms with Crippen molar-refractivity contribution in [2.24, 2.45) is 0 Å². The number of carbonyl (C=O) groups is 1. The predicted octanol–water partition coefficient (Wildman–Crippen LogP) is 4.07. The van der Waals surface area contributed by atoms with E-state index in [1.165, 1.54) is 12.1 Å². The summed E-state index contributed by atoms with van der Waals surface area (Å²) in [5, 5.41) is 19.4. The molecule has 0 bridgehead atoms. The van der Waals surface area contributed by atoms with E-state index < -0.39 is 5.97 Å². The molecule has 0 atom stereocenters. The summed E-state index contributed by atoms with van der Waals surface area (Å²) in [6.45, 7) is 0.386. The third-order valence-corrected chi connectivity index (χ3v) is 4.21. The molecule has 3 N–H and O–H groups in total. The van der Waals surface area contributed by atoms with E-state index in [1.807, 2.05) is 18.2 Å². The van der Waals surface area contributed by atoms with Gasteiger partial charge in [-0.15, -0.1) is 0 Å². The zero-order valence-electron chi connectivity index (χ0n) is 14.1. The lowest BCUT2D eigenvalue weighted by molar-refractivity contribution is 0.0692. The van der Waals surface area contributed by atoms with Gasteiger partial charge in [-0.1, -0.05) is 6.07 Å². The van der Waals surface area contributed by atoms with E-state index in [9.17, 15) is 14.3 Å². The van der Waals surface area contributed by atoms with Crippen LogP contribution in [-0.2, 0) is 6.54 Å². The summed E-state index contributed by atoms with van der Waals surface area (Å²) in [6.07, 6.45) is 3.36. The first-order valence-electron chi connectivity index (χ1n) is 8.25. The van der Waals surface area contributed by atoms with E-state index >= 15 is 0 Å². The number of hydrogen-bond acceptors (Lipinski definition) is 4. The number of pyridine rings is 1. The summed E-state index contributed by atoms with van der Waals surface area (Å²) in [6, 6.07) is 13.8. The van der Waals surface area contributed by atoms with Crippen molar-refractivity contribution in [3.63, 3.8) is 0 Å². The summed E-state index contributed by atoms with van der Waals surface area (Å²) >= 11 is 0. The number of H-pyrrole nitrogens is 1. The van der Waals surface area contributed by atoms with Crippen molar-refractivity contribution in [2.45, 2.75) is 6.54 Å². The van der Waals surface area contributed by atoms with Gasteiger partial charge in [0.05, 0.1) is 5.52 Å². The molecule has 7 heteroatoms. The molecule has 4 aromatic rings. The lowest BCUT2D eigenvalue weighted by atomic mass is 10.0. The lowest BCUT2D eigenvalue weighted by Crippen LogP contribution is -2.01. The molecule has 0 amide bonds. The van der Waals surface area contributed by atoms with Crippen molar-refractivity contribution >= 4 is 22.6 Å². The van der Waals surface area contributed by atoms with Crippen LogP contribution in [0.3, 0.4) is 0 Å². The van der Waals surface area contributed by atoms with Crippen molar-refractivity contribution in [1.29, 1.82) is 0 Å². The number of halogens is 1. The highest BCUT2D eigenvalue weighted by Gasteiger charge is 2.13. The topological polar surface area (TPSA) is 90.9 Å². The molecule has 4 rings (SSSR count). The summed E-state index contributed by atoms with van der Waals surface area (Å²) in [5.41, 5.74) is 3.68. The van der Waals surface area contributed by atoms with Crippen molar-refractivity contribution in [3.8, 4) is 11.1 Å². The van der Waals surface area contributed by atoms with Crippen LogP contribution in [0.25, 0.3) is 22.0 Å². The number of aromatic amines is 1. The third-order valence-electron chi connectivity index (χ3n) is 4.21. The molecule has 2 heterocycles. The quantitative estimate of drug-likeness (QED) is 0.498. The molecule has 134 valence electrons. The number of hydrogen-bond donors (Lipinski definition) is 3. The van der Waals surface area contributed by atoms with Crippen molar-refractivity contribution in [1.82, 2.24) is 15.2 Å². The van der Waals surface area contributed by atoms with Gasteiger partial charge in [-0.25, -0.2) is 9.18 Å². The molecule has 27 heavy (non-hydrogen) atoms. The number of rotatable bonds is 5. The van der Waals surface area contributed by atoms with Crippen LogP contribution in [-0.4, -0.2) is 26.3 Å². The van der Waals surface area contributed by atoms with E-state index in [0.717, 1.165) is 22.4 Å². The fourth-order valence-electron chi connectivity index (χ4n) is 2.94. The average Bonchev–Trinajstić information content (AvgIpc) is 3.10. The largest absolute Gasteiger partial charge is 0.476 e. The van der Waals surface area contributed by atoms with E-state index in [0.29, 0.717) is 17.4 Å². The van der Waals surface area contributed by atoms with Gasteiger partial charge in [-0.2, -0.15) is 5.10 Å². The molecule has 0 radical (unpaired) electrons. The first kappa shape index (κ1) is 16.7. The van der Waals surface area contributed by atoms with Gasteiger partial charge in [0.25, 0.3) is 0 Å². The molecule has 0 aliphatic rings. The second-order valence-corrected chi connectivity index (χ2v) is 6.08. The number of anilines is 1. The number of benzene rings is 2. The second kappa shape index (κ2) is 6.87. The first-order chi connectivity index (χ1) is 13.1. The van der Waals surface area contributed by atoms with Crippen LogP contribution in [0, 0.1) is 5.82 Å². The van der Waals surface area contributed by atoms with Crippen LogP contribution < -0.4 is 5.32 Å². The standard InChI is InChI=1S/C20H15FN4O2/c21-15-7-12(6-14(8-15)13-2-1-5-22-11-13)10-23-16-3-4-18-17(9-16)19(20(26)27)25-24-18/h1-9,11,23H,10H2,(H,24,25)(H,26,27). The molecule has 0 saturated carbocycles. The maximum Gasteiger partial charge on any atom is 0.357 e. The predicted molar refractivity (Wildman–Crippen MR) is 100 cm³/mol. The molecule has 0 fully saturated rings. The zero-order chi connectivity index (χ0) is 18.8. The third kappa shape index (κ3) is 3.48. The van der Waals surface area contributed by atoms with Crippen LogP contribution in [0.2, 0.25) is 0 Å². The molecule has 0 aliphatic heterocycles. The highest BCUT2D eigenvalue weighted by Crippen LogP contribution is 2.24. The van der Waals surface area contributed by atoms with Gasteiger partial charge >= 0.3 is 5.97 Å². The maximum absolute atomic E-state index is 14.0. The van der Waals surface area contributed by atoms with E-state index in [2.05, 4.69) is 20.5 Å². The van der Waals surface area contributed by atoms with Gasteiger partial charge in [-0.3, -0.25) is 10.1 Å². The zero-order valence-corrected chi connectivity index (χ0v) is 14.1. The highest BCUT2D eigenvalue weighted by molar-refractivity contribution is 6.01. The molecule has 0 aliphatic carbocycles. The number of carboxylic acids is 1. The number of nitrogens with zero attached hydrogens (tertiary/aromatic N) is 2. The van der Waals surface area contributed by atoms with Crippen LogP contribution in [0.5, 0.6) is 0 Å². The first-order valence-corrected chi connectivity index (χ1v) is 8.25. The number of carboxylic acid groups (broad SMARTS) is 1. The normalized spacial score (nSPS) is 10.9. The molecular weight excluding hydrogens is 347 g/mol. The van der Waals surface area contributed by atoms with Gasteiger partial charge in [-0.05, 0) is 53.6 Å². The SMILES string of the molecule is O=C(O)c1n[nH]c2ccc(NCc3cc(F)cc(-c4cccnc4)c3)cc12. The second-order valence-electron chi connectivity index (χ2n) is 6.08. The van der Waals surface area contributed by atoms with Crippen molar-refractivity contribution in [3.05, 3.63) is 78.0 Å². The molecule has 0 unspecified atom stereocenters. The number of nitrogens with one attached hydrogen (secondary N) is 2. The monoisotopic (exact) mass is 362 g/mol. The summed E-state index contributed by atoms with van der Waals surface area (Å²) in [5.74, 6) is -1.42. The Hall–Kier alpha value is -3.74. The van der Waals surface area contributed by atoms with Gasteiger partial charge in [0.2, 0.25) is 0 Å². The molecule has 0 saturated heterocycles. The molecule has 2 aromatic heterocycles. The molecule has 0 spiro atoms. The Balaban J connectivity index is 1.58. The Morgan fingerprint density at radius 1 is 1.15 bits per heavy atom. The minimum atomic E-state index is -1.09. The molecule has 6 nitrogen and oxygen atoms in total. The minimum absolute atomic E-state index is 0.0294. The number of aromatic carboxylic acids is 1. The lowest BCUT2D eigenvalue weighted by Gasteiger charge is -2.09. The van der Waals surface area contributed by atoms with Crippen molar-refractivity contribution < 1.29 is 14.3 Å². The van der Waals surface area contributed by atoms with E-state index in [1.54, 1.807) is 30.6 Å². The van der Waals surface area contributed by atoms with E-state index in [-0.39, 0.29) is 11.5 Å². The summed E-state index contributed by atoms with van der Waals surface area (Å²) in [4.78, 5) is 15.3. The Labute approximate surface area is 153 Å². The average molecular weight is 362 g/mol. The Morgan fingerprint density at radius 3 is 2.81 bits per heavy atom. The van der Waals surface area contributed by atoms with Gasteiger partial charge in [0, 0.05) is 35.6 Å². The number of aromatic nitrogens is 3. The van der Waals surface area contributed by atoms with Gasteiger partial charge in [0.15, 0.2) is 5.69 Å². The van der Waals surface area contributed by atoms with Crippen LogP contribution >= 0.6 is 0 Å². The summed E-state index contributed by atoms with van der Waals surface area (Å²) in [7, 11) is 0. The Bertz CT molecular complexity index is 1130. The van der Waals surface area contributed by atoms with Crippen LogP contribution in [0.1, 0.15) is 16.1 Å². The van der Waals surface area contributed by atoms with E-state index in [4.69, 9.17) is 0 Å². The minimum Gasteiger partial charge on any atom is -0.476 e. The molecular formula is C20H15FN4O2. The number of fused-ring (bicyclic) bond motifs is 1. The van der Waals surface area contributed by atoms with Crippen molar-refractivity contribution in [2.75, 3.05) is 5.32 Å². The van der Waals surface area contributed by atoms with Crippen LogP contribution in [0.15, 0.2) is 60.9 Å². The molecule has 2 aromatic carbocycles. The summed E-state index contributed by atoms with van der Waals surface area (Å²) < 4.78 is 14.0.